The molecular formula is C25H25FN4O3S. The topological polar surface area (TPSA) is 91.4 Å². The van der Waals surface area contributed by atoms with Crippen molar-refractivity contribution in [1.29, 1.82) is 0 Å². The summed E-state index contributed by atoms with van der Waals surface area (Å²) >= 11 is 1.17. The highest BCUT2D eigenvalue weighted by atomic mass is 32.1. The molecule has 2 aromatic carbocycles. The standard InChI is InChI=1S/C25H25FN4O3S/c1-4-23(32)28-19-11-9-18(10-12-19)16(2)27-24(33)14-13-20-15-34-25(29-20)30(17(3)31)22-8-6-5-7-21(22)26/h5-16H,4H2,1-3H3,(H,27,33)(H,28,32)/b14-13+. The predicted octanol–water partition coefficient (Wildman–Crippen LogP) is 5.21. The molecule has 34 heavy (non-hydrogen) atoms. The molecule has 3 aromatic rings. The normalized spacial score (nSPS) is 11.8. The van der Waals surface area contributed by atoms with Gasteiger partial charge in [-0.25, -0.2) is 9.37 Å². The van der Waals surface area contributed by atoms with Crippen LogP contribution in [0, 0.1) is 5.82 Å². The van der Waals surface area contributed by atoms with Crippen molar-refractivity contribution in [2.24, 2.45) is 0 Å². The third kappa shape index (κ3) is 6.35. The van der Waals surface area contributed by atoms with E-state index in [1.54, 1.807) is 36.6 Å². The maximum Gasteiger partial charge on any atom is 0.244 e. The van der Waals surface area contributed by atoms with Gasteiger partial charge in [0.15, 0.2) is 5.13 Å². The van der Waals surface area contributed by atoms with E-state index in [4.69, 9.17) is 0 Å². The monoisotopic (exact) mass is 480 g/mol. The van der Waals surface area contributed by atoms with Gasteiger partial charge in [0.1, 0.15) is 5.82 Å². The van der Waals surface area contributed by atoms with Crippen LogP contribution in [0.1, 0.15) is 44.5 Å². The maximum absolute atomic E-state index is 14.2. The van der Waals surface area contributed by atoms with Crippen LogP contribution in [0.3, 0.4) is 0 Å². The molecule has 0 aliphatic carbocycles. The lowest BCUT2D eigenvalue weighted by atomic mass is 10.1. The zero-order chi connectivity index (χ0) is 24.7. The van der Waals surface area contributed by atoms with Gasteiger partial charge in [-0.3, -0.25) is 19.3 Å². The molecule has 0 saturated carbocycles. The second-order valence-electron chi connectivity index (χ2n) is 7.45. The van der Waals surface area contributed by atoms with Crippen LogP contribution >= 0.6 is 11.3 Å². The van der Waals surface area contributed by atoms with Gasteiger partial charge < -0.3 is 10.6 Å². The molecule has 3 rings (SSSR count). The van der Waals surface area contributed by atoms with Gasteiger partial charge in [-0.2, -0.15) is 0 Å². The summed E-state index contributed by atoms with van der Waals surface area (Å²) in [4.78, 5) is 41.5. The fourth-order valence-electron chi connectivity index (χ4n) is 3.11. The molecule has 0 spiro atoms. The number of para-hydroxylation sites is 1. The predicted molar refractivity (Wildman–Crippen MR) is 132 cm³/mol. The number of aromatic nitrogens is 1. The molecule has 1 atom stereocenters. The third-order valence-corrected chi connectivity index (χ3v) is 5.73. The number of nitrogens with one attached hydrogen (secondary N) is 2. The maximum atomic E-state index is 14.2. The SMILES string of the molecule is CCC(=O)Nc1ccc(C(C)NC(=O)/C=C/c2csc(N(C(C)=O)c3ccccc3F)n2)cc1. The Kier molecular flexibility index (Phi) is 8.26. The van der Waals surface area contributed by atoms with Gasteiger partial charge >= 0.3 is 0 Å². The first-order chi connectivity index (χ1) is 16.3. The highest BCUT2D eigenvalue weighted by Crippen LogP contribution is 2.31. The van der Waals surface area contributed by atoms with Gasteiger partial charge in [0.05, 0.1) is 17.4 Å². The third-order valence-electron chi connectivity index (χ3n) is 4.89. The Hall–Kier alpha value is -3.85. The van der Waals surface area contributed by atoms with Crippen molar-refractivity contribution >= 4 is 51.6 Å². The summed E-state index contributed by atoms with van der Waals surface area (Å²) in [6.07, 6.45) is 3.29. The van der Waals surface area contributed by atoms with E-state index in [0.29, 0.717) is 22.9 Å². The summed E-state index contributed by atoms with van der Waals surface area (Å²) in [7, 11) is 0. The first-order valence-electron chi connectivity index (χ1n) is 10.7. The molecule has 0 saturated heterocycles. The van der Waals surface area contributed by atoms with E-state index in [0.717, 1.165) is 5.56 Å². The van der Waals surface area contributed by atoms with Crippen LogP contribution in [0.25, 0.3) is 6.08 Å². The Balaban J connectivity index is 1.64. The van der Waals surface area contributed by atoms with Crippen LogP contribution in [0.15, 0.2) is 60.0 Å². The van der Waals surface area contributed by atoms with Crippen LogP contribution < -0.4 is 15.5 Å². The molecule has 1 heterocycles. The number of carbonyl (C=O) groups is 3. The Morgan fingerprint density at radius 2 is 1.85 bits per heavy atom. The number of carbonyl (C=O) groups excluding carboxylic acids is 3. The summed E-state index contributed by atoms with van der Waals surface area (Å²) in [6, 6.07) is 13.0. The molecular weight excluding hydrogens is 455 g/mol. The van der Waals surface area contributed by atoms with E-state index in [-0.39, 0.29) is 29.5 Å². The molecule has 0 bridgehead atoms. The van der Waals surface area contributed by atoms with Gasteiger partial charge in [0.2, 0.25) is 17.7 Å². The minimum atomic E-state index is -0.529. The summed E-state index contributed by atoms with van der Waals surface area (Å²) in [5.74, 6) is -1.28. The summed E-state index contributed by atoms with van der Waals surface area (Å²) < 4.78 is 14.2. The Labute approximate surface area is 201 Å². The minimum Gasteiger partial charge on any atom is -0.346 e. The number of hydrogen-bond acceptors (Lipinski definition) is 5. The molecule has 1 aromatic heterocycles. The zero-order valence-electron chi connectivity index (χ0n) is 19.0. The van der Waals surface area contributed by atoms with E-state index in [1.165, 1.54) is 47.4 Å². The number of halogens is 1. The molecule has 9 heteroatoms. The Morgan fingerprint density at radius 1 is 1.15 bits per heavy atom. The number of thiazole rings is 1. The van der Waals surface area contributed by atoms with Crippen molar-refractivity contribution < 1.29 is 18.8 Å². The van der Waals surface area contributed by atoms with E-state index in [9.17, 15) is 18.8 Å². The first kappa shape index (κ1) is 24.8. The number of hydrogen-bond donors (Lipinski definition) is 2. The zero-order valence-corrected chi connectivity index (χ0v) is 19.9. The lowest BCUT2D eigenvalue weighted by Gasteiger charge is -2.18. The fraction of sp³-hybridized carbons (Fsp3) is 0.200. The molecule has 0 aliphatic rings. The summed E-state index contributed by atoms with van der Waals surface area (Å²) in [5, 5.41) is 7.64. The van der Waals surface area contributed by atoms with Crippen LogP contribution in [0.2, 0.25) is 0 Å². The van der Waals surface area contributed by atoms with Crippen molar-refractivity contribution in [3.05, 3.63) is 77.1 Å². The first-order valence-corrected chi connectivity index (χ1v) is 11.6. The van der Waals surface area contributed by atoms with Gasteiger partial charge in [-0.1, -0.05) is 31.2 Å². The van der Waals surface area contributed by atoms with Crippen molar-refractivity contribution in [2.45, 2.75) is 33.2 Å². The summed E-state index contributed by atoms with van der Waals surface area (Å²) in [6.45, 7) is 4.97. The van der Waals surface area contributed by atoms with Gasteiger partial charge in [0.25, 0.3) is 0 Å². The van der Waals surface area contributed by atoms with Crippen LogP contribution in [0.4, 0.5) is 20.9 Å². The quantitative estimate of drug-likeness (QED) is 0.433. The van der Waals surface area contributed by atoms with E-state index in [2.05, 4.69) is 15.6 Å². The van der Waals surface area contributed by atoms with Gasteiger partial charge in [0, 0.05) is 30.5 Å². The average molecular weight is 481 g/mol. The average Bonchev–Trinajstić information content (AvgIpc) is 3.27. The van der Waals surface area contributed by atoms with Gasteiger partial charge in [-0.15, -0.1) is 11.3 Å². The Morgan fingerprint density at radius 3 is 2.50 bits per heavy atom. The lowest BCUT2D eigenvalue weighted by Crippen LogP contribution is -2.24. The number of amides is 3. The second kappa shape index (κ2) is 11.3. The Bertz CT molecular complexity index is 1210. The van der Waals surface area contributed by atoms with Crippen LogP contribution in [-0.2, 0) is 14.4 Å². The fourth-order valence-corrected chi connectivity index (χ4v) is 3.95. The van der Waals surface area contributed by atoms with Crippen molar-refractivity contribution in [3.63, 3.8) is 0 Å². The van der Waals surface area contributed by atoms with Crippen molar-refractivity contribution in [2.75, 3.05) is 10.2 Å². The van der Waals surface area contributed by atoms with E-state index < -0.39 is 5.82 Å². The molecule has 0 radical (unpaired) electrons. The molecule has 1 unspecified atom stereocenters. The molecule has 176 valence electrons. The lowest BCUT2D eigenvalue weighted by molar-refractivity contribution is -0.117. The smallest absolute Gasteiger partial charge is 0.244 e. The molecule has 7 nitrogen and oxygen atoms in total. The molecule has 0 fully saturated rings. The number of benzene rings is 2. The van der Waals surface area contributed by atoms with E-state index >= 15 is 0 Å². The number of rotatable bonds is 8. The molecule has 0 aliphatic heterocycles. The molecule has 3 amide bonds. The molecule has 2 N–H and O–H groups in total. The van der Waals surface area contributed by atoms with Gasteiger partial charge in [-0.05, 0) is 42.8 Å². The minimum absolute atomic E-state index is 0.0650. The number of anilines is 3. The second-order valence-corrected chi connectivity index (χ2v) is 8.28. The largest absolute Gasteiger partial charge is 0.346 e. The summed E-state index contributed by atoms with van der Waals surface area (Å²) in [5.41, 5.74) is 2.17. The number of nitrogens with zero attached hydrogens (tertiary/aromatic N) is 2. The van der Waals surface area contributed by atoms with Crippen LogP contribution in [0.5, 0.6) is 0 Å². The van der Waals surface area contributed by atoms with Crippen LogP contribution in [-0.4, -0.2) is 22.7 Å². The van der Waals surface area contributed by atoms with E-state index in [1.807, 2.05) is 19.1 Å². The van der Waals surface area contributed by atoms with Crippen molar-refractivity contribution in [3.8, 4) is 0 Å². The highest BCUT2D eigenvalue weighted by Gasteiger charge is 2.20. The highest BCUT2D eigenvalue weighted by molar-refractivity contribution is 7.14. The van der Waals surface area contributed by atoms with Crippen molar-refractivity contribution in [1.82, 2.24) is 10.3 Å².